The van der Waals surface area contributed by atoms with Crippen molar-refractivity contribution in [1.82, 2.24) is 9.88 Å². The van der Waals surface area contributed by atoms with Crippen LogP contribution >= 0.6 is 11.3 Å². The fourth-order valence-electron chi connectivity index (χ4n) is 6.06. The van der Waals surface area contributed by atoms with Gasteiger partial charge in [0.2, 0.25) is 0 Å². The van der Waals surface area contributed by atoms with Crippen molar-refractivity contribution in [1.29, 1.82) is 0 Å². The Hall–Kier alpha value is -3.48. The highest BCUT2D eigenvalue weighted by Crippen LogP contribution is 2.36. The van der Waals surface area contributed by atoms with E-state index < -0.39 is 5.97 Å². The summed E-state index contributed by atoms with van der Waals surface area (Å²) >= 11 is 1.62. The standard InChI is InChI=1S/C35H41N3O2S/c1-4-8-26(9-5-2)27-14-12-25(13-15-27)21-37(3)31-18-16-28(17-19-31)32-24-41-35(36-32)33-20-29-10-6-7-11-30(29)22-38(33)23-34(39)40/h6-7,10-19,24,26,33H,4-5,8-9,20-23H2,1-3H3,(H,39,40)/t33-/m0/s1. The van der Waals surface area contributed by atoms with E-state index in [1.165, 1.54) is 53.6 Å². The van der Waals surface area contributed by atoms with Crippen LogP contribution in [0.25, 0.3) is 11.3 Å². The third-order valence-electron chi connectivity index (χ3n) is 8.24. The highest BCUT2D eigenvalue weighted by molar-refractivity contribution is 7.10. The van der Waals surface area contributed by atoms with Gasteiger partial charge in [-0.2, -0.15) is 0 Å². The highest BCUT2D eigenvalue weighted by atomic mass is 32.1. The Kier molecular flexibility index (Phi) is 9.53. The second-order valence-corrected chi connectivity index (χ2v) is 12.2. The number of aromatic nitrogens is 1. The van der Waals surface area contributed by atoms with Crippen molar-refractivity contribution in [3.05, 3.63) is 105 Å². The number of carboxylic acids is 1. The lowest BCUT2D eigenvalue weighted by atomic mass is 9.90. The smallest absolute Gasteiger partial charge is 0.317 e. The van der Waals surface area contributed by atoms with Crippen LogP contribution in [-0.4, -0.2) is 34.6 Å². The van der Waals surface area contributed by atoms with E-state index in [-0.39, 0.29) is 12.6 Å². The summed E-state index contributed by atoms with van der Waals surface area (Å²) in [7, 11) is 2.14. The van der Waals surface area contributed by atoms with E-state index in [9.17, 15) is 9.90 Å². The summed E-state index contributed by atoms with van der Waals surface area (Å²) in [5, 5.41) is 12.6. The number of hydrogen-bond donors (Lipinski definition) is 1. The summed E-state index contributed by atoms with van der Waals surface area (Å²) in [6, 6.07) is 26.1. The van der Waals surface area contributed by atoms with Crippen molar-refractivity contribution >= 4 is 23.0 Å². The van der Waals surface area contributed by atoms with Gasteiger partial charge in [0.25, 0.3) is 0 Å². The summed E-state index contributed by atoms with van der Waals surface area (Å²) in [5.41, 5.74) is 8.45. The van der Waals surface area contributed by atoms with Crippen molar-refractivity contribution < 1.29 is 9.90 Å². The molecule has 2 heterocycles. The summed E-state index contributed by atoms with van der Waals surface area (Å²) < 4.78 is 0. The molecule has 0 fully saturated rings. The number of aliphatic carboxylic acids is 1. The number of anilines is 1. The number of benzene rings is 3. The molecule has 1 N–H and O–H groups in total. The zero-order valence-corrected chi connectivity index (χ0v) is 25.2. The van der Waals surface area contributed by atoms with E-state index in [0.29, 0.717) is 12.5 Å². The number of rotatable bonds is 12. The third-order valence-corrected chi connectivity index (χ3v) is 9.19. The molecule has 1 aliphatic heterocycles. The number of hydrogen-bond acceptors (Lipinski definition) is 5. The Morgan fingerprint density at radius 1 is 1.00 bits per heavy atom. The van der Waals surface area contributed by atoms with Gasteiger partial charge in [-0.05, 0) is 59.6 Å². The first-order valence-corrected chi connectivity index (χ1v) is 15.7. The molecule has 5 rings (SSSR count). The number of fused-ring (bicyclic) bond motifs is 1. The summed E-state index contributed by atoms with van der Waals surface area (Å²) in [6.45, 7) is 6.04. The molecular formula is C35H41N3O2S. The van der Waals surface area contributed by atoms with E-state index in [2.05, 4.69) is 97.9 Å². The minimum atomic E-state index is -0.806. The Morgan fingerprint density at radius 3 is 2.34 bits per heavy atom. The van der Waals surface area contributed by atoms with Gasteiger partial charge in [-0.1, -0.05) is 87.4 Å². The molecule has 1 aliphatic rings. The number of nitrogens with zero attached hydrogens (tertiary/aromatic N) is 3. The quantitative estimate of drug-likeness (QED) is 0.187. The molecule has 3 aromatic carbocycles. The molecule has 1 atom stereocenters. The number of carboxylic acid groups (broad SMARTS) is 1. The topological polar surface area (TPSA) is 56.7 Å². The van der Waals surface area contributed by atoms with Crippen LogP contribution in [0.1, 0.15) is 78.8 Å². The molecule has 0 spiro atoms. The zero-order valence-electron chi connectivity index (χ0n) is 24.4. The van der Waals surface area contributed by atoms with Crippen molar-refractivity contribution in [3.63, 3.8) is 0 Å². The highest BCUT2D eigenvalue weighted by Gasteiger charge is 2.30. The molecule has 0 radical (unpaired) electrons. The molecule has 6 heteroatoms. The molecule has 4 aromatic rings. The fraction of sp³-hybridized carbons (Fsp3) is 0.371. The van der Waals surface area contributed by atoms with E-state index in [1.807, 2.05) is 11.0 Å². The van der Waals surface area contributed by atoms with E-state index in [4.69, 9.17) is 4.98 Å². The maximum absolute atomic E-state index is 11.6. The van der Waals surface area contributed by atoms with Gasteiger partial charge in [-0.3, -0.25) is 9.69 Å². The van der Waals surface area contributed by atoms with Crippen LogP contribution in [0.5, 0.6) is 0 Å². The first-order valence-electron chi connectivity index (χ1n) is 14.8. The lowest BCUT2D eigenvalue weighted by Crippen LogP contribution is -2.37. The molecule has 41 heavy (non-hydrogen) atoms. The van der Waals surface area contributed by atoms with E-state index in [0.717, 1.165) is 29.2 Å². The lowest BCUT2D eigenvalue weighted by Gasteiger charge is -2.34. The SMILES string of the molecule is CCCC(CCC)c1ccc(CN(C)c2ccc(-c3csc([C@@H]4Cc5ccccc5CN4CC(=O)O)n3)cc2)cc1. The Morgan fingerprint density at radius 2 is 1.68 bits per heavy atom. The van der Waals surface area contributed by atoms with Gasteiger partial charge in [-0.25, -0.2) is 4.98 Å². The molecule has 0 amide bonds. The maximum Gasteiger partial charge on any atom is 0.317 e. The van der Waals surface area contributed by atoms with Crippen LogP contribution in [0.4, 0.5) is 5.69 Å². The van der Waals surface area contributed by atoms with Gasteiger partial charge >= 0.3 is 5.97 Å². The third kappa shape index (κ3) is 7.06. The molecule has 214 valence electrons. The van der Waals surface area contributed by atoms with Crippen LogP contribution in [-0.2, 0) is 24.3 Å². The predicted molar refractivity (Wildman–Crippen MR) is 170 cm³/mol. The van der Waals surface area contributed by atoms with Gasteiger partial charge < -0.3 is 10.0 Å². The Labute approximate surface area is 248 Å². The van der Waals surface area contributed by atoms with Crippen LogP contribution in [0.2, 0.25) is 0 Å². The lowest BCUT2D eigenvalue weighted by molar-refractivity contribution is -0.139. The van der Waals surface area contributed by atoms with Gasteiger partial charge in [0.15, 0.2) is 0 Å². The normalized spacial score (nSPS) is 15.2. The van der Waals surface area contributed by atoms with Crippen molar-refractivity contribution in [3.8, 4) is 11.3 Å². The first-order chi connectivity index (χ1) is 19.9. The molecule has 0 aliphatic carbocycles. The second kappa shape index (κ2) is 13.5. The van der Waals surface area contributed by atoms with E-state index >= 15 is 0 Å². The number of thiazole rings is 1. The van der Waals surface area contributed by atoms with Crippen LogP contribution < -0.4 is 4.90 Å². The molecule has 0 saturated carbocycles. The minimum absolute atomic E-state index is 0.00966. The summed E-state index contributed by atoms with van der Waals surface area (Å²) in [6.07, 6.45) is 5.75. The molecule has 0 unspecified atom stereocenters. The Bertz CT molecular complexity index is 1420. The molecular weight excluding hydrogens is 526 g/mol. The fourth-order valence-corrected chi connectivity index (χ4v) is 7.02. The zero-order chi connectivity index (χ0) is 28.8. The molecule has 0 bridgehead atoms. The van der Waals surface area contributed by atoms with Crippen molar-refractivity contribution in [2.75, 3.05) is 18.5 Å². The van der Waals surface area contributed by atoms with Crippen molar-refractivity contribution in [2.24, 2.45) is 0 Å². The van der Waals surface area contributed by atoms with E-state index in [1.54, 1.807) is 11.3 Å². The average Bonchev–Trinajstić information content (AvgIpc) is 3.47. The number of carbonyl (C=O) groups is 1. The van der Waals surface area contributed by atoms with Gasteiger partial charge in [0.1, 0.15) is 5.01 Å². The van der Waals surface area contributed by atoms with Crippen LogP contribution in [0.15, 0.2) is 78.2 Å². The summed E-state index contributed by atoms with van der Waals surface area (Å²) in [5.74, 6) is -0.135. The average molecular weight is 568 g/mol. The first kappa shape index (κ1) is 29.0. The van der Waals surface area contributed by atoms with Gasteiger partial charge in [-0.15, -0.1) is 11.3 Å². The maximum atomic E-state index is 11.6. The Balaban J connectivity index is 1.26. The molecule has 5 nitrogen and oxygen atoms in total. The van der Waals surface area contributed by atoms with Crippen LogP contribution in [0.3, 0.4) is 0 Å². The largest absolute Gasteiger partial charge is 0.480 e. The molecule has 1 aromatic heterocycles. The van der Waals surface area contributed by atoms with Crippen molar-refractivity contribution in [2.45, 2.75) is 71.0 Å². The summed E-state index contributed by atoms with van der Waals surface area (Å²) in [4.78, 5) is 20.9. The van der Waals surface area contributed by atoms with Crippen LogP contribution in [0, 0.1) is 0 Å². The molecule has 0 saturated heterocycles. The van der Waals surface area contributed by atoms with Gasteiger partial charge in [0, 0.05) is 36.8 Å². The predicted octanol–water partition coefficient (Wildman–Crippen LogP) is 8.31. The second-order valence-electron chi connectivity index (χ2n) is 11.3. The monoisotopic (exact) mass is 567 g/mol. The minimum Gasteiger partial charge on any atom is -0.480 e. The van der Waals surface area contributed by atoms with Gasteiger partial charge in [0.05, 0.1) is 18.3 Å².